The van der Waals surface area contributed by atoms with E-state index in [9.17, 15) is 9.59 Å². The molecule has 3 aromatic carbocycles. The van der Waals surface area contributed by atoms with Crippen molar-refractivity contribution in [1.82, 2.24) is 5.32 Å². The van der Waals surface area contributed by atoms with Crippen LogP contribution in [-0.2, 0) is 0 Å². The van der Waals surface area contributed by atoms with Crippen molar-refractivity contribution in [3.63, 3.8) is 0 Å². The number of carbonyl (C=O) groups excluding carboxylic acids is 1. The Hall–Kier alpha value is -3.68. The Morgan fingerprint density at radius 3 is 2.61 bits per heavy atom. The molecule has 2 N–H and O–H groups in total. The number of hydrogen-bond donors (Lipinski definition) is 2. The monoisotopic (exact) mass is 478 g/mol. The van der Waals surface area contributed by atoms with Crippen LogP contribution >= 0.6 is 23.8 Å². The highest BCUT2D eigenvalue weighted by Crippen LogP contribution is 2.27. The summed E-state index contributed by atoms with van der Waals surface area (Å²) in [6, 6.07) is 19.3. The molecule has 0 aliphatic rings. The largest absolute Gasteiger partial charge is 0.495 e. The standard InChI is InChI=1S/C25H19ClN2O4S/c1-14-7-8-15(18-11-16-5-3-4-6-21(16)32-24(18)30)13-20(14)27-25(33)28-23(29)17-9-10-22(31-2)19(26)12-17/h3-13H,1-2H3,(H2,27,28,29,33). The molecule has 0 saturated carbocycles. The zero-order valence-electron chi connectivity index (χ0n) is 17.8. The van der Waals surface area contributed by atoms with Crippen molar-refractivity contribution in [1.29, 1.82) is 0 Å². The molecule has 0 atom stereocenters. The molecule has 6 nitrogen and oxygen atoms in total. The fraction of sp³-hybridized carbons (Fsp3) is 0.0800. The maximum absolute atomic E-state index is 12.5. The van der Waals surface area contributed by atoms with Gasteiger partial charge in [-0.05, 0) is 66.7 Å². The Kier molecular flexibility index (Phi) is 6.44. The molecule has 0 aliphatic carbocycles. The van der Waals surface area contributed by atoms with Crippen molar-refractivity contribution < 1.29 is 13.9 Å². The van der Waals surface area contributed by atoms with Gasteiger partial charge >= 0.3 is 5.63 Å². The summed E-state index contributed by atoms with van der Waals surface area (Å²) in [4.78, 5) is 25.1. The number of amides is 1. The van der Waals surface area contributed by atoms with Gasteiger partial charge in [0.25, 0.3) is 5.91 Å². The van der Waals surface area contributed by atoms with Crippen molar-refractivity contribution in [2.75, 3.05) is 12.4 Å². The lowest BCUT2D eigenvalue weighted by Gasteiger charge is -2.14. The molecule has 0 bridgehead atoms. The van der Waals surface area contributed by atoms with Crippen LogP contribution in [0.3, 0.4) is 0 Å². The fourth-order valence-electron chi connectivity index (χ4n) is 3.32. The topological polar surface area (TPSA) is 80.6 Å². The number of para-hydroxylation sites is 1. The summed E-state index contributed by atoms with van der Waals surface area (Å²) in [7, 11) is 1.50. The quantitative estimate of drug-likeness (QED) is 0.295. The van der Waals surface area contributed by atoms with Gasteiger partial charge in [-0.3, -0.25) is 10.1 Å². The highest BCUT2D eigenvalue weighted by molar-refractivity contribution is 7.80. The highest BCUT2D eigenvalue weighted by atomic mass is 35.5. The molecule has 33 heavy (non-hydrogen) atoms. The third kappa shape index (κ3) is 4.89. The van der Waals surface area contributed by atoms with Gasteiger partial charge in [0.1, 0.15) is 11.3 Å². The number of aryl methyl sites for hydroxylation is 1. The van der Waals surface area contributed by atoms with Gasteiger partial charge in [0.15, 0.2) is 5.11 Å². The van der Waals surface area contributed by atoms with Crippen LogP contribution in [0, 0.1) is 6.92 Å². The third-order valence-corrected chi connectivity index (χ3v) is 5.58. The average molecular weight is 479 g/mol. The van der Waals surface area contributed by atoms with Gasteiger partial charge in [0.2, 0.25) is 0 Å². The Morgan fingerprint density at radius 1 is 1.06 bits per heavy atom. The van der Waals surface area contributed by atoms with Crippen LogP contribution < -0.4 is 21.0 Å². The van der Waals surface area contributed by atoms with Crippen LogP contribution in [0.5, 0.6) is 5.75 Å². The molecular weight excluding hydrogens is 460 g/mol. The molecule has 0 unspecified atom stereocenters. The zero-order chi connectivity index (χ0) is 23.5. The first kappa shape index (κ1) is 22.5. The number of fused-ring (bicyclic) bond motifs is 1. The van der Waals surface area contributed by atoms with Crippen LogP contribution in [0.15, 0.2) is 75.9 Å². The second-order valence-corrected chi connectivity index (χ2v) is 8.09. The Bertz CT molecular complexity index is 1450. The number of thiocarbonyl (C=S) groups is 1. The van der Waals surface area contributed by atoms with Crippen LogP contribution in [0.2, 0.25) is 5.02 Å². The highest BCUT2D eigenvalue weighted by Gasteiger charge is 2.13. The molecule has 4 rings (SSSR count). The van der Waals surface area contributed by atoms with E-state index in [1.54, 1.807) is 30.3 Å². The summed E-state index contributed by atoms with van der Waals surface area (Å²) in [5.74, 6) is 0.0561. The molecule has 166 valence electrons. The first-order chi connectivity index (χ1) is 15.9. The number of anilines is 1. The van der Waals surface area contributed by atoms with Crippen molar-refractivity contribution >= 4 is 51.5 Å². The third-order valence-electron chi connectivity index (χ3n) is 5.08. The van der Waals surface area contributed by atoms with E-state index >= 15 is 0 Å². The number of ether oxygens (including phenoxy) is 1. The second kappa shape index (κ2) is 9.44. The van der Waals surface area contributed by atoms with E-state index in [4.69, 9.17) is 33.0 Å². The summed E-state index contributed by atoms with van der Waals surface area (Å²) in [6.07, 6.45) is 0. The molecule has 0 fully saturated rings. The van der Waals surface area contributed by atoms with E-state index in [1.165, 1.54) is 13.2 Å². The molecule has 0 saturated heterocycles. The molecule has 4 aromatic rings. The number of nitrogens with one attached hydrogen (secondary N) is 2. The van der Waals surface area contributed by atoms with Gasteiger partial charge < -0.3 is 14.5 Å². The normalized spacial score (nSPS) is 10.6. The van der Waals surface area contributed by atoms with Crippen molar-refractivity contribution in [3.8, 4) is 16.9 Å². The average Bonchev–Trinajstić information content (AvgIpc) is 2.80. The number of carbonyl (C=O) groups is 1. The first-order valence-corrected chi connectivity index (χ1v) is 10.7. The molecule has 0 aliphatic heterocycles. The summed E-state index contributed by atoms with van der Waals surface area (Å²) >= 11 is 11.4. The lowest BCUT2D eigenvalue weighted by Crippen LogP contribution is -2.34. The summed E-state index contributed by atoms with van der Waals surface area (Å²) in [5, 5.41) is 6.91. The molecule has 0 spiro atoms. The minimum atomic E-state index is -0.434. The maximum atomic E-state index is 12.5. The summed E-state index contributed by atoms with van der Waals surface area (Å²) in [5.41, 5.74) is 3.06. The van der Waals surface area contributed by atoms with E-state index in [0.717, 1.165) is 10.9 Å². The van der Waals surface area contributed by atoms with E-state index < -0.39 is 11.5 Å². The predicted molar refractivity (Wildman–Crippen MR) is 134 cm³/mol. The van der Waals surface area contributed by atoms with Gasteiger partial charge in [-0.15, -0.1) is 0 Å². The first-order valence-electron chi connectivity index (χ1n) is 9.95. The second-order valence-electron chi connectivity index (χ2n) is 7.27. The minimum absolute atomic E-state index is 0.109. The fourth-order valence-corrected chi connectivity index (χ4v) is 3.78. The van der Waals surface area contributed by atoms with Gasteiger partial charge in [0.05, 0.1) is 17.7 Å². The Morgan fingerprint density at radius 2 is 1.85 bits per heavy atom. The molecular formula is C25H19ClN2O4S. The molecule has 8 heteroatoms. The van der Waals surface area contributed by atoms with Gasteiger partial charge in [-0.2, -0.15) is 0 Å². The zero-order valence-corrected chi connectivity index (χ0v) is 19.3. The summed E-state index contributed by atoms with van der Waals surface area (Å²) in [6.45, 7) is 1.89. The van der Waals surface area contributed by atoms with Gasteiger partial charge in [0, 0.05) is 16.6 Å². The molecule has 1 heterocycles. The summed E-state index contributed by atoms with van der Waals surface area (Å²) < 4.78 is 10.5. The maximum Gasteiger partial charge on any atom is 0.344 e. The minimum Gasteiger partial charge on any atom is -0.495 e. The Balaban J connectivity index is 1.55. The predicted octanol–water partition coefficient (Wildman–Crippen LogP) is 5.56. The van der Waals surface area contributed by atoms with Crippen LogP contribution in [0.25, 0.3) is 22.1 Å². The Labute approximate surface area is 200 Å². The number of halogens is 1. The number of methoxy groups -OCH3 is 1. The van der Waals surface area contributed by atoms with Crippen molar-refractivity contribution in [2.45, 2.75) is 6.92 Å². The van der Waals surface area contributed by atoms with Crippen LogP contribution in [0.4, 0.5) is 5.69 Å². The van der Waals surface area contributed by atoms with E-state index in [1.807, 2.05) is 37.3 Å². The molecule has 1 aromatic heterocycles. The van der Waals surface area contributed by atoms with Crippen molar-refractivity contribution in [2.24, 2.45) is 0 Å². The SMILES string of the molecule is COc1ccc(C(=O)NC(=S)Nc2cc(-c3cc4ccccc4oc3=O)ccc2C)cc1Cl. The molecule has 1 amide bonds. The van der Waals surface area contributed by atoms with Crippen molar-refractivity contribution in [3.05, 3.63) is 93.3 Å². The van der Waals surface area contributed by atoms with Gasteiger partial charge in [-0.25, -0.2) is 4.79 Å². The van der Waals surface area contributed by atoms with Crippen LogP contribution in [0.1, 0.15) is 15.9 Å². The van der Waals surface area contributed by atoms with Crippen LogP contribution in [-0.4, -0.2) is 18.1 Å². The van der Waals surface area contributed by atoms with E-state index in [2.05, 4.69) is 10.6 Å². The number of benzene rings is 3. The van der Waals surface area contributed by atoms with Gasteiger partial charge in [-0.1, -0.05) is 41.9 Å². The van der Waals surface area contributed by atoms with E-state index in [-0.39, 0.29) is 5.11 Å². The lowest BCUT2D eigenvalue weighted by atomic mass is 10.0. The lowest BCUT2D eigenvalue weighted by molar-refractivity contribution is 0.0977. The molecule has 0 radical (unpaired) electrons. The number of rotatable bonds is 4. The number of hydrogen-bond acceptors (Lipinski definition) is 5. The van der Waals surface area contributed by atoms with E-state index in [0.29, 0.717) is 38.7 Å². The smallest absolute Gasteiger partial charge is 0.344 e.